The zero-order valence-electron chi connectivity index (χ0n) is 15.0. The van der Waals surface area contributed by atoms with Gasteiger partial charge in [-0.15, -0.1) is 0 Å². The van der Waals surface area contributed by atoms with Gasteiger partial charge in [-0.25, -0.2) is 8.42 Å². The van der Waals surface area contributed by atoms with Crippen LogP contribution < -0.4 is 14.8 Å². The fourth-order valence-corrected chi connectivity index (χ4v) is 3.96. The van der Waals surface area contributed by atoms with Crippen LogP contribution in [0.25, 0.3) is 0 Å². The van der Waals surface area contributed by atoms with E-state index in [1.165, 1.54) is 32.2 Å². The predicted octanol–water partition coefficient (Wildman–Crippen LogP) is 3.27. The van der Waals surface area contributed by atoms with E-state index in [0.717, 1.165) is 11.1 Å². The summed E-state index contributed by atoms with van der Waals surface area (Å²) in [5.41, 5.74) is 2.51. The number of carbonyl (C=O) groups excluding carboxylic acids is 1. The lowest BCUT2D eigenvalue weighted by molar-refractivity contribution is -0.117. The maximum atomic E-state index is 12.6. The molecule has 0 aliphatic rings. The molecule has 0 bridgehead atoms. The van der Waals surface area contributed by atoms with Crippen molar-refractivity contribution in [2.75, 3.05) is 12.4 Å². The second kappa shape index (κ2) is 8.07. The minimum atomic E-state index is -4.00. The van der Waals surface area contributed by atoms with E-state index in [1.54, 1.807) is 0 Å². The lowest BCUT2D eigenvalue weighted by atomic mass is 10.1. The van der Waals surface area contributed by atoms with Crippen LogP contribution in [-0.4, -0.2) is 27.5 Å². The van der Waals surface area contributed by atoms with Crippen LogP contribution in [-0.2, 0) is 14.8 Å². The number of anilines is 1. The molecule has 0 saturated carbocycles. The lowest BCUT2D eigenvalue weighted by Gasteiger charge is -2.17. The highest BCUT2D eigenvalue weighted by molar-refractivity contribution is 7.89. The monoisotopic (exact) mass is 396 g/mol. The van der Waals surface area contributed by atoms with Crippen LogP contribution in [0.4, 0.5) is 5.69 Å². The Labute approximate surface area is 158 Å². The van der Waals surface area contributed by atoms with Gasteiger partial charge in [0.25, 0.3) is 0 Å². The number of amides is 1. The third kappa shape index (κ3) is 4.75. The molecule has 1 amide bonds. The molecule has 8 heteroatoms. The minimum Gasteiger partial charge on any atom is -0.495 e. The Morgan fingerprint density at radius 2 is 1.85 bits per heavy atom. The second-order valence-corrected chi connectivity index (χ2v) is 8.06. The van der Waals surface area contributed by atoms with Crippen molar-refractivity contribution < 1.29 is 17.9 Å². The number of benzene rings is 2. The van der Waals surface area contributed by atoms with Crippen LogP contribution in [0, 0.1) is 13.8 Å². The summed E-state index contributed by atoms with van der Waals surface area (Å²) in [5.74, 6) is -0.327. The van der Waals surface area contributed by atoms with Crippen molar-refractivity contribution in [2.45, 2.75) is 31.7 Å². The number of halogens is 1. The van der Waals surface area contributed by atoms with Crippen molar-refractivity contribution in [1.29, 1.82) is 0 Å². The molecule has 2 rings (SSSR count). The summed E-state index contributed by atoms with van der Waals surface area (Å²) >= 11 is 5.89. The lowest BCUT2D eigenvalue weighted by Crippen LogP contribution is -2.41. The summed E-state index contributed by atoms with van der Waals surface area (Å²) in [4.78, 5) is 12.3. The summed E-state index contributed by atoms with van der Waals surface area (Å²) < 4.78 is 32.7. The Balaban J connectivity index is 2.20. The van der Waals surface area contributed by atoms with Gasteiger partial charge in [-0.2, -0.15) is 4.72 Å². The van der Waals surface area contributed by atoms with E-state index in [-0.39, 0.29) is 15.7 Å². The van der Waals surface area contributed by atoms with E-state index in [9.17, 15) is 13.2 Å². The van der Waals surface area contributed by atoms with Crippen molar-refractivity contribution in [3.63, 3.8) is 0 Å². The molecule has 2 N–H and O–H groups in total. The maximum Gasteiger partial charge on any atom is 0.245 e. The van der Waals surface area contributed by atoms with E-state index in [1.807, 2.05) is 32.0 Å². The first-order valence-electron chi connectivity index (χ1n) is 7.88. The van der Waals surface area contributed by atoms with Gasteiger partial charge in [0.15, 0.2) is 0 Å². The highest BCUT2D eigenvalue weighted by Crippen LogP contribution is 2.27. The molecule has 0 fully saturated rings. The molecule has 0 aromatic heterocycles. The van der Waals surface area contributed by atoms with Crippen LogP contribution in [0.2, 0.25) is 5.02 Å². The molecular weight excluding hydrogens is 376 g/mol. The first-order chi connectivity index (χ1) is 12.1. The molecule has 2 aromatic rings. The molecule has 0 aliphatic heterocycles. The average Bonchev–Trinajstić information content (AvgIpc) is 2.57. The van der Waals surface area contributed by atoms with Gasteiger partial charge in [0.2, 0.25) is 15.9 Å². The third-order valence-corrected chi connectivity index (χ3v) is 5.59. The molecular formula is C18H21ClN2O4S. The summed E-state index contributed by atoms with van der Waals surface area (Å²) in [6.45, 7) is 5.24. The Bertz CT molecular complexity index is 929. The molecule has 2 aromatic carbocycles. The number of hydrogen-bond donors (Lipinski definition) is 2. The van der Waals surface area contributed by atoms with Crippen molar-refractivity contribution >= 4 is 33.2 Å². The Hall–Kier alpha value is -2.09. The largest absolute Gasteiger partial charge is 0.495 e. The molecule has 0 saturated heterocycles. The van der Waals surface area contributed by atoms with Gasteiger partial charge in [-0.1, -0.05) is 23.7 Å². The molecule has 0 radical (unpaired) electrons. The summed E-state index contributed by atoms with van der Waals surface area (Å²) in [7, 11) is -2.64. The van der Waals surface area contributed by atoms with Crippen molar-refractivity contribution in [3.05, 3.63) is 52.5 Å². The number of rotatable bonds is 6. The quantitative estimate of drug-likeness (QED) is 0.784. The SMILES string of the molecule is COc1ccc(Cl)cc1S(=O)(=O)N[C@H](C)C(=O)Nc1cc(C)ccc1C. The molecule has 0 unspecified atom stereocenters. The van der Waals surface area contributed by atoms with Gasteiger partial charge in [0.05, 0.1) is 13.2 Å². The van der Waals surface area contributed by atoms with E-state index in [4.69, 9.17) is 16.3 Å². The Morgan fingerprint density at radius 3 is 2.50 bits per heavy atom. The fraction of sp³-hybridized carbons (Fsp3) is 0.278. The van der Waals surface area contributed by atoms with Gasteiger partial charge < -0.3 is 10.1 Å². The van der Waals surface area contributed by atoms with Crippen molar-refractivity contribution in [3.8, 4) is 5.75 Å². The zero-order chi connectivity index (χ0) is 19.5. The molecule has 0 heterocycles. The molecule has 1 atom stereocenters. The van der Waals surface area contributed by atoms with Crippen LogP contribution >= 0.6 is 11.6 Å². The summed E-state index contributed by atoms with van der Waals surface area (Å²) in [6.07, 6.45) is 0. The first-order valence-corrected chi connectivity index (χ1v) is 9.74. The average molecular weight is 397 g/mol. The van der Waals surface area contributed by atoms with Gasteiger partial charge >= 0.3 is 0 Å². The topological polar surface area (TPSA) is 84.5 Å². The minimum absolute atomic E-state index is 0.126. The summed E-state index contributed by atoms with van der Waals surface area (Å²) in [6, 6.07) is 8.91. The Morgan fingerprint density at radius 1 is 1.15 bits per heavy atom. The first kappa shape index (κ1) is 20.2. The Kier molecular flexibility index (Phi) is 6.28. The smallest absolute Gasteiger partial charge is 0.245 e. The molecule has 0 spiro atoms. The van der Waals surface area contributed by atoms with Crippen LogP contribution in [0.1, 0.15) is 18.1 Å². The number of nitrogens with one attached hydrogen (secondary N) is 2. The number of aryl methyl sites for hydroxylation is 2. The molecule has 26 heavy (non-hydrogen) atoms. The highest BCUT2D eigenvalue weighted by atomic mass is 35.5. The van der Waals surface area contributed by atoms with Gasteiger partial charge in [-0.3, -0.25) is 4.79 Å². The van der Waals surface area contributed by atoms with E-state index >= 15 is 0 Å². The maximum absolute atomic E-state index is 12.6. The fourth-order valence-electron chi connectivity index (χ4n) is 2.32. The molecule has 6 nitrogen and oxygen atoms in total. The van der Waals surface area contributed by atoms with E-state index in [2.05, 4.69) is 10.0 Å². The van der Waals surface area contributed by atoms with Gasteiger partial charge in [0.1, 0.15) is 10.6 Å². The highest BCUT2D eigenvalue weighted by Gasteiger charge is 2.25. The van der Waals surface area contributed by atoms with Crippen LogP contribution in [0.5, 0.6) is 5.75 Å². The van der Waals surface area contributed by atoms with E-state index < -0.39 is 22.0 Å². The van der Waals surface area contributed by atoms with Crippen LogP contribution in [0.3, 0.4) is 0 Å². The van der Waals surface area contributed by atoms with E-state index in [0.29, 0.717) is 5.69 Å². The third-order valence-electron chi connectivity index (χ3n) is 3.79. The number of ether oxygens (including phenoxy) is 1. The number of hydrogen-bond acceptors (Lipinski definition) is 4. The summed E-state index contributed by atoms with van der Waals surface area (Å²) in [5, 5.41) is 2.99. The number of sulfonamides is 1. The van der Waals surface area contributed by atoms with Crippen molar-refractivity contribution in [2.24, 2.45) is 0 Å². The second-order valence-electron chi connectivity index (χ2n) is 5.95. The number of methoxy groups -OCH3 is 1. The van der Waals surface area contributed by atoms with Crippen LogP contribution in [0.15, 0.2) is 41.3 Å². The zero-order valence-corrected chi connectivity index (χ0v) is 16.5. The standard InChI is InChI=1S/C18H21ClN2O4S/c1-11-5-6-12(2)15(9-11)20-18(22)13(3)21-26(23,24)17-10-14(19)7-8-16(17)25-4/h5-10,13,21H,1-4H3,(H,20,22)/t13-/m1/s1. The molecule has 0 aliphatic carbocycles. The normalized spacial score (nSPS) is 12.5. The van der Waals surface area contributed by atoms with Gasteiger partial charge in [0, 0.05) is 10.7 Å². The predicted molar refractivity (Wildman–Crippen MR) is 102 cm³/mol. The van der Waals surface area contributed by atoms with Crippen molar-refractivity contribution in [1.82, 2.24) is 4.72 Å². The van der Waals surface area contributed by atoms with Gasteiger partial charge in [-0.05, 0) is 56.2 Å². The number of carbonyl (C=O) groups is 1. The molecule has 140 valence electrons.